The minimum atomic E-state index is 1.02. The average molecular weight is 290 g/mol. The summed E-state index contributed by atoms with van der Waals surface area (Å²) < 4.78 is 9.53. The molecule has 22 heavy (non-hydrogen) atoms. The molecule has 3 heterocycles. The first-order chi connectivity index (χ1) is 10.8. The van der Waals surface area contributed by atoms with Crippen LogP contribution in [0.2, 0.25) is 0 Å². The quantitative estimate of drug-likeness (QED) is 0.440. The Morgan fingerprint density at radius 2 is 1.09 bits per heavy atom. The van der Waals surface area contributed by atoms with Gasteiger partial charge in [-0.15, -0.1) is 0 Å². The Bertz CT molecular complexity index is 966. The first kappa shape index (κ1) is 12.0. The zero-order valence-electron chi connectivity index (χ0n) is 12.8. The van der Waals surface area contributed by atoms with Gasteiger partial charge in [0, 0.05) is 0 Å². The number of nitrogens with zero attached hydrogens (tertiary/aromatic N) is 4. The summed E-state index contributed by atoms with van der Waals surface area (Å²) >= 11 is 0. The Morgan fingerprint density at radius 3 is 1.55 bits per heavy atom. The van der Waals surface area contributed by atoms with Gasteiger partial charge in [0.2, 0.25) is 0 Å². The molecule has 0 fully saturated rings. The lowest BCUT2D eigenvalue weighted by Gasteiger charge is -2.08. The molecule has 0 bridgehead atoms. The molecule has 0 aliphatic carbocycles. The summed E-state index contributed by atoms with van der Waals surface area (Å²) in [7, 11) is 4.34. The van der Waals surface area contributed by atoms with Crippen molar-refractivity contribution >= 4 is 22.1 Å². The van der Waals surface area contributed by atoms with Crippen LogP contribution in [-0.2, 0) is 27.2 Å². The largest absolute Gasteiger partial charge is 0.374 e. The van der Waals surface area contributed by atoms with E-state index in [-0.39, 0.29) is 0 Å². The molecule has 0 saturated heterocycles. The molecule has 2 aromatic heterocycles. The normalized spacial score (nSPS) is 13.5. The summed E-state index contributed by atoms with van der Waals surface area (Å²) in [4.78, 5) is 0. The first-order valence-corrected chi connectivity index (χ1v) is 7.72. The molecule has 0 amide bonds. The standard InChI is InChI=1S/C18H18N4/c1-19-13-7-3-5-9-15(13)21-11-12-22-16-10-6-4-8-14(16)20(2)18(22)17(19)21/h3-10H,11-12H2,1-2H3/q+2. The van der Waals surface area contributed by atoms with Gasteiger partial charge >= 0.3 is 11.6 Å². The molecule has 4 aromatic rings. The highest BCUT2D eigenvalue weighted by Gasteiger charge is 2.39. The highest BCUT2D eigenvalue weighted by atomic mass is 15.3. The molecule has 0 saturated carbocycles. The summed E-state index contributed by atoms with van der Waals surface area (Å²) in [5.41, 5.74) is 5.21. The molecule has 1 aliphatic rings. The third kappa shape index (κ3) is 1.28. The van der Waals surface area contributed by atoms with Crippen LogP contribution in [0.4, 0.5) is 0 Å². The zero-order valence-corrected chi connectivity index (χ0v) is 12.8. The second kappa shape index (κ2) is 3.97. The highest BCUT2D eigenvalue weighted by molar-refractivity contribution is 5.78. The average Bonchev–Trinajstić information content (AvgIpc) is 3.02. The highest BCUT2D eigenvalue weighted by Crippen LogP contribution is 2.28. The predicted molar refractivity (Wildman–Crippen MR) is 85.2 cm³/mol. The van der Waals surface area contributed by atoms with Gasteiger partial charge in [0.25, 0.3) is 0 Å². The van der Waals surface area contributed by atoms with Gasteiger partial charge in [-0.2, -0.15) is 0 Å². The Morgan fingerprint density at radius 1 is 0.682 bits per heavy atom. The molecule has 108 valence electrons. The van der Waals surface area contributed by atoms with Crippen LogP contribution in [0.3, 0.4) is 0 Å². The number of aryl methyl sites for hydroxylation is 4. The van der Waals surface area contributed by atoms with Gasteiger partial charge in [0.15, 0.2) is 22.1 Å². The Balaban J connectivity index is 1.99. The van der Waals surface area contributed by atoms with Crippen molar-refractivity contribution in [1.82, 2.24) is 9.13 Å². The van der Waals surface area contributed by atoms with Crippen LogP contribution in [-0.4, -0.2) is 9.13 Å². The fourth-order valence-electron chi connectivity index (χ4n) is 3.96. The molecule has 0 spiro atoms. The van der Waals surface area contributed by atoms with E-state index in [0.29, 0.717) is 0 Å². The van der Waals surface area contributed by atoms with Gasteiger partial charge in [-0.25, -0.2) is 18.3 Å². The minimum absolute atomic E-state index is 1.02. The molecule has 4 heteroatoms. The van der Waals surface area contributed by atoms with Crippen molar-refractivity contribution in [2.75, 3.05) is 0 Å². The second-order valence-electron chi connectivity index (χ2n) is 6.05. The van der Waals surface area contributed by atoms with Gasteiger partial charge in [-0.05, 0) is 24.3 Å². The maximum absolute atomic E-state index is 2.45. The van der Waals surface area contributed by atoms with E-state index >= 15 is 0 Å². The predicted octanol–water partition coefficient (Wildman–Crippen LogP) is 1.93. The van der Waals surface area contributed by atoms with Crippen LogP contribution in [0.25, 0.3) is 33.7 Å². The molecule has 5 rings (SSSR count). The smallest absolute Gasteiger partial charge is 0.219 e. The zero-order chi connectivity index (χ0) is 14.8. The van der Waals surface area contributed by atoms with E-state index in [2.05, 4.69) is 80.9 Å². The van der Waals surface area contributed by atoms with Crippen molar-refractivity contribution in [2.45, 2.75) is 13.1 Å². The summed E-state index contributed by atoms with van der Waals surface area (Å²) in [6.45, 7) is 2.03. The monoisotopic (exact) mass is 290 g/mol. The van der Waals surface area contributed by atoms with Crippen LogP contribution in [0, 0.1) is 0 Å². The minimum Gasteiger partial charge on any atom is -0.219 e. The lowest BCUT2D eigenvalue weighted by Crippen LogP contribution is -2.40. The van der Waals surface area contributed by atoms with Gasteiger partial charge in [-0.3, -0.25) is 0 Å². The van der Waals surface area contributed by atoms with Crippen LogP contribution < -0.4 is 9.13 Å². The molecular formula is C18H18N4+2. The van der Waals surface area contributed by atoms with Crippen LogP contribution in [0.5, 0.6) is 0 Å². The van der Waals surface area contributed by atoms with Crippen LogP contribution in [0.15, 0.2) is 48.5 Å². The van der Waals surface area contributed by atoms with Gasteiger partial charge in [-0.1, -0.05) is 24.3 Å². The van der Waals surface area contributed by atoms with Gasteiger partial charge < -0.3 is 0 Å². The third-order valence-corrected chi connectivity index (χ3v) is 4.96. The SMILES string of the molecule is C[n+]1c2n(c3ccccc31)CCn1c-2[n+](C)c2ccccc21. The molecule has 4 nitrogen and oxygen atoms in total. The van der Waals surface area contributed by atoms with Crippen molar-refractivity contribution in [2.24, 2.45) is 14.1 Å². The van der Waals surface area contributed by atoms with Crippen molar-refractivity contribution < 1.29 is 9.13 Å². The number of fused-ring (bicyclic) bond motifs is 7. The van der Waals surface area contributed by atoms with Crippen molar-refractivity contribution in [3.8, 4) is 11.6 Å². The van der Waals surface area contributed by atoms with E-state index in [0.717, 1.165) is 13.1 Å². The fourth-order valence-corrected chi connectivity index (χ4v) is 3.96. The van der Waals surface area contributed by atoms with Gasteiger partial charge in [0.1, 0.15) is 13.1 Å². The maximum atomic E-state index is 2.45. The van der Waals surface area contributed by atoms with Crippen LogP contribution in [0.1, 0.15) is 0 Å². The number of benzene rings is 2. The number of rotatable bonds is 0. The third-order valence-electron chi connectivity index (χ3n) is 4.96. The summed E-state index contributed by atoms with van der Waals surface area (Å²) in [6, 6.07) is 17.3. The van der Waals surface area contributed by atoms with Crippen LogP contribution >= 0.6 is 0 Å². The molecule has 2 aromatic carbocycles. The number of aromatic nitrogens is 4. The van der Waals surface area contributed by atoms with E-state index in [1.807, 2.05) is 0 Å². The molecule has 0 atom stereocenters. The molecular weight excluding hydrogens is 272 g/mol. The van der Waals surface area contributed by atoms with Crippen molar-refractivity contribution in [3.05, 3.63) is 48.5 Å². The second-order valence-corrected chi connectivity index (χ2v) is 6.05. The molecule has 0 unspecified atom stereocenters. The van der Waals surface area contributed by atoms with E-state index in [1.165, 1.54) is 33.7 Å². The molecule has 1 aliphatic heterocycles. The molecule has 0 N–H and O–H groups in total. The van der Waals surface area contributed by atoms with E-state index in [4.69, 9.17) is 0 Å². The summed E-state index contributed by atoms with van der Waals surface area (Å²) in [6.07, 6.45) is 0. The maximum Gasteiger partial charge on any atom is 0.374 e. The Kier molecular flexibility index (Phi) is 2.16. The first-order valence-electron chi connectivity index (χ1n) is 7.72. The fraction of sp³-hybridized carbons (Fsp3) is 0.222. The summed E-state index contributed by atoms with van der Waals surface area (Å²) in [5, 5.41) is 0. The number of hydrogen-bond acceptors (Lipinski definition) is 0. The lowest BCUT2D eigenvalue weighted by atomic mass is 10.3. The van der Waals surface area contributed by atoms with E-state index < -0.39 is 0 Å². The number of para-hydroxylation sites is 4. The summed E-state index contributed by atoms with van der Waals surface area (Å²) in [5.74, 6) is 2.57. The number of hydrogen-bond donors (Lipinski definition) is 0. The van der Waals surface area contributed by atoms with E-state index in [1.54, 1.807) is 0 Å². The van der Waals surface area contributed by atoms with Crippen molar-refractivity contribution in [3.63, 3.8) is 0 Å². The topological polar surface area (TPSA) is 17.6 Å². The lowest BCUT2D eigenvalue weighted by molar-refractivity contribution is -0.666. The van der Waals surface area contributed by atoms with E-state index in [9.17, 15) is 0 Å². The Hall–Kier alpha value is -2.62. The van der Waals surface area contributed by atoms with Crippen molar-refractivity contribution in [1.29, 1.82) is 0 Å². The number of imidazole rings is 2. The molecule has 0 radical (unpaired) electrons. The Labute approximate surface area is 128 Å². The van der Waals surface area contributed by atoms with Gasteiger partial charge in [0.05, 0.1) is 14.1 Å².